The molecule has 0 aliphatic heterocycles. The molecule has 5 rings (SSSR count). The zero-order valence-electron chi connectivity index (χ0n) is 17.5. The monoisotopic (exact) mass is 424 g/mol. The third-order valence-corrected chi connectivity index (χ3v) is 5.12. The maximum atomic E-state index is 12.9. The number of nitrogens with zero attached hydrogens (tertiary/aromatic N) is 4. The number of carbonyl (C=O) groups is 1. The molecule has 0 spiro atoms. The van der Waals surface area contributed by atoms with Gasteiger partial charge in [-0.2, -0.15) is 5.10 Å². The molecule has 0 unspecified atom stereocenters. The second-order valence-corrected chi connectivity index (χ2v) is 7.29. The first-order valence-corrected chi connectivity index (χ1v) is 10.0. The predicted octanol–water partition coefficient (Wildman–Crippen LogP) is 4.29. The fourth-order valence-electron chi connectivity index (χ4n) is 3.48. The Morgan fingerprint density at radius 1 is 1.03 bits per heavy atom. The summed E-state index contributed by atoms with van der Waals surface area (Å²) in [5.74, 6) is 1.65. The number of aromatic nitrogens is 5. The number of aromatic amines is 1. The third kappa shape index (κ3) is 3.69. The van der Waals surface area contributed by atoms with Gasteiger partial charge in [-0.25, -0.2) is 9.97 Å². The predicted molar refractivity (Wildman–Crippen MR) is 122 cm³/mol. The number of fused-ring (bicyclic) bond motifs is 1. The zero-order valence-corrected chi connectivity index (χ0v) is 17.5. The van der Waals surface area contributed by atoms with Crippen LogP contribution in [0.2, 0.25) is 0 Å². The smallest absolute Gasteiger partial charge is 0.255 e. The van der Waals surface area contributed by atoms with E-state index in [1.54, 1.807) is 30.3 Å². The fraction of sp³-hybridized carbons (Fsp3) is 0.0833. The summed E-state index contributed by atoms with van der Waals surface area (Å²) in [7, 11) is 3.38. The molecule has 0 atom stereocenters. The lowest BCUT2D eigenvalue weighted by atomic mass is 10.1. The van der Waals surface area contributed by atoms with Gasteiger partial charge in [-0.1, -0.05) is 24.3 Å². The number of nitrogens with one attached hydrogen (secondary N) is 2. The van der Waals surface area contributed by atoms with Gasteiger partial charge in [0.05, 0.1) is 23.8 Å². The van der Waals surface area contributed by atoms with Crippen LogP contribution in [-0.2, 0) is 7.05 Å². The lowest BCUT2D eigenvalue weighted by molar-refractivity contribution is 0.102. The number of imidazole rings is 1. The Bertz CT molecular complexity index is 1390. The second-order valence-electron chi connectivity index (χ2n) is 7.29. The van der Waals surface area contributed by atoms with E-state index in [-0.39, 0.29) is 5.91 Å². The summed E-state index contributed by atoms with van der Waals surface area (Å²) >= 11 is 0. The average molecular weight is 424 g/mol. The molecule has 0 saturated heterocycles. The van der Waals surface area contributed by atoms with Crippen LogP contribution in [0.15, 0.2) is 73.1 Å². The van der Waals surface area contributed by atoms with Gasteiger partial charge in [0.15, 0.2) is 5.82 Å². The van der Waals surface area contributed by atoms with Crippen molar-refractivity contribution in [3.8, 4) is 28.5 Å². The molecular formula is C24H20N6O2. The molecule has 3 aromatic carbocycles. The molecular weight excluding hydrogens is 404 g/mol. The number of methoxy groups -OCH3 is 1. The van der Waals surface area contributed by atoms with E-state index in [9.17, 15) is 4.79 Å². The Morgan fingerprint density at radius 3 is 2.53 bits per heavy atom. The van der Waals surface area contributed by atoms with Crippen molar-refractivity contribution in [1.29, 1.82) is 0 Å². The third-order valence-electron chi connectivity index (χ3n) is 5.12. The van der Waals surface area contributed by atoms with Crippen LogP contribution in [0.4, 0.5) is 5.69 Å². The molecule has 0 saturated carbocycles. The van der Waals surface area contributed by atoms with Crippen molar-refractivity contribution in [1.82, 2.24) is 24.7 Å². The van der Waals surface area contributed by atoms with E-state index in [0.29, 0.717) is 22.8 Å². The highest BCUT2D eigenvalue weighted by Gasteiger charge is 2.14. The van der Waals surface area contributed by atoms with Crippen molar-refractivity contribution in [3.05, 3.63) is 78.6 Å². The largest absolute Gasteiger partial charge is 0.495 e. The van der Waals surface area contributed by atoms with Crippen molar-refractivity contribution in [2.24, 2.45) is 7.05 Å². The summed E-state index contributed by atoms with van der Waals surface area (Å²) in [6.45, 7) is 0. The Balaban J connectivity index is 1.41. The second kappa shape index (κ2) is 7.99. The van der Waals surface area contributed by atoms with Crippen molar-refractivity contribution >= 4 is 22.6 Å². The maximum absolute atomic E-state index is 12.9. The minimum Gasteiger partial charge on any atom is -0.495 e. The number of H-pyrrole nitrogens is 1. The minimum atomic E-state index is -0.245. The number of hydrogen-bond donors (Lipinski definition) is 2. The van der Waals surface area contributed by atoms with E-state index in [0.717, 1.165) is 28.0 Å². The normalized spacial score (nSPS) is 10.9. The number of aryl methyl sites for hydroxylation is 1. The molecule has 32 heavy (non-hydrogen) atoms. The number of carbonyl (C=O) groups excluding carboxylic acids is 1. The van der Waals surface area contributed by atoms with Crippen molar-refractivity contribution in [2.45, 2.75) is 0 Å². The van der Waals surface area contributed by atoms with Crippen molar-refractivity contribution in [3.63, 3.8) is 0 Å². The molecule has 8 nitrogen and oxygen atoms in total. The number of ether oxygens (including phenoxy) is 1. The van der Waals surface area contributed by atoms with Gasteiger partial charge in [-0.05, 0) is 42.5 Å². The fourth-order valence-corrected chi connectivity index (χ4v) is 3.48. The summed E-state index contributed by atoms with van der Waals surface area (Å²) in [4.78, 5) is 25.1. The number of rotatable bonds is 5. The Labute approximate surface area is 183 Å². The van der Waals surface area contributed by atoms with Crippen molar-refractivity contribution < 1.29 is 9.53 Å². The van der Waals surface area contributed by atoms with Gasteiger partial charge in [-0.3, -0.25) is 9.48 Å². The van der Waals surface area contributed by atoms with Gasteiger partial charge >= 0.3 is 0 Å². The molecule has 0 fully saturated rings. The summed E-state index contributed by atoms with van der Waals surface area (Å²) in [5.41, 5.74) is 4.59. The SMILES string of the molecule is COc1ccc(-c2nc3ccccc3[nH]2)cc1NC(=O)c1ccc(-c2ncn(C)n2)cc1. The maximum Gasteiger partial charge on any atom is 0.255 e. The quantitative estimate of drug-likeness (QED) is 0.439. The lowest BCUT2D eigenvalue weighted by Gasteiger charge is -2.12. The van der Waals surface area contributed by atoms with Crippen LogP contribution in [0.3, 0.4) is 0 Å². The Kier molecular flexibility index (Phi) is 4.87. The van der Waals surface area contributed by atoms with E-state index in [2.05, 4.69) is 25.4 Å². The zero-order chi connectivity index (χ0) is 22.1. The topological polar surface area (TPSA) is 97.7 Å². The number of hydrogen-bond acceptors (Lipinski definition) is 5. The van der Waals surface area contributed by atoms with E-state index in [1.165, 1.54) is 0 Å². The molecule has 8 heteroatoms. The van der Waals surface area contributed by atoms with Crippen LogP contribution < -0.4 is 10.1 Å². The average Bonchev–Trinajstić information content (AvgIpc) is 3.45. The van der Waals surface area contributed by atoms with E-state index in [1.807, 2.05) is 61.6 Å². The number of benzene rings is 3. The summed E-state index contributed by atoms with van der Waals surface area (Å²) in [5, 5.41) is 7.22. The van der Waals surface area contributed by atoms with Gasteiger partial charge in [-0.15, -0.1) is 0 Å². The summed E-state index contributed by atoms with van der Waals surface area (Å²) in [6.07, 6.45) is 1.64. The van der Waals surface area contributed by atoms with E-state index in [4.69, 9.17) is 4.74 Å². The van der Waals surface area contributed by atoms with Crippen LogP contribution in [-0.4, -0.2) is 37.7 Å². The molecule has 158 valence electrons. The molecule has 0 bridgehead atoms. The van der Waals surface area contributed by atoms with Crippen LogP contribution in [0.1, 0.15) is 10.4 Å². The highest BCUT2D eigenvalue weighted by Crippen LogP contribution is 2.31. The molecule has 0 radical (unpaired) electrons. The van der Waals surface area contributed by atoms with Gasteiger partial charge in [0.2, 0.25) is 0 Å². The molecule has 2 heterocycles. The highest BCUT2D eigenvalue weighted by atomic mass is 16.5. The molecule has 5 aromatic rings. The van der Waals surface area contributed by atoms with Gasteiger partial charge in [0.25, 0.3) is 5.91 Å². The first-order valence-electron chi connectivity index (χ1n) is 10.0. The van der Waals surface area contributed by atoms with E-state index < -0.39 is 0 Å². The lowest BCUT2D eigenvalue weighted by Crippen LogP contribution is -2.12. The molecule has 0 aliphatic rings. The van der Waals surface area contributed by atoms with Gasteiger partial charge in [0.1, 0.15) is 17.9 Å². The number of amides is 1. The van der Waals surface area contributed by atoms with Crippen LogP contribution in [0, 0.1) is 0 Å². The van der Waals surface area contributed by atoms with Crippen LogP contribution >= 0.6 is 0 Å². The molecule has 2 N–H and O–H groups in total. The van der Waals surface area contributed by atoms with Gasteiger partial charge < -0.3 is 15.0 Å². The first kappa shape index (κ1) is 19.5. The Hall–Kier alpha value is -4.46. The molecule has 0 aliphatic carbocycles. The molecule has 1 amide bonds. The van der Waals surface area contributed by atoms with Crippen LogP contribution in [0.5, 0.6) is 5.75 Å². The van der Waals surface area contributed by atoms with Gasteiger partial charge in [0, 0.05) is 23.7 Å². The Morgan fingerprint density at radius 2 is 1.81 bits per heavy atom. The van der Waals surface area contributed by atoms with Crippen molar-refractivity contribution in [2.75, 3.05) is 12.4 Å². The van der Waals surface area contributed by atoms with E-state index >= 15 is 0 Å². The number of para-hydroxylation sites is 2. The number of anilines is 1. The summed E-state index contributed by atoms with van der Waals surface area (Å²) in [6, 6.07) is 20.5. The molecule has 2 aromatic heterocycles. The first-order chi connectivity index (χ1) is 15.6. The standard InChI is InChI=1S/C24H20N6O2/c1-30-14-25-22(29-30)15-7-9-16(10-8-15)24(31)28-20-13-17(11-12-21(20)32-2)23-26-18-5-3-4-6-19(18)27-23/h3-14H,1-2H3,(H,26,27)(H,28,31). The van der Waals surface area contributed by atoms with Crippen LogP contribution in [0.25, 0.3) is 33.8 Å². The summed E-state index contributed by atoms with van der Waals surface area (Å²) < 4.78 is 7.08. The minimum absolute atomic E-state index is 0.245. The highest BCUT2D eigenvalue weighted by molar-refractivity contribution is 6.05.